The molecule has 33 heavy (non-hydrogen) atoms. The smallest absolute Gasteiger partial charge is 0.272 e. The van der Waals surface area contributed by atoms with E-state index < -0.39 is 0 Å². The number of hydrogen-bond acceptors (Lipinski definition) is 3. The van der Waals surface area contributed by atoms with Crippen LogP contribution in [-0.4, -0.2) is 51.3 Å². The van der Waals surface area contributed by atoms with Crippen LogP contribution in [0.1, 0.15) is 10.5 Å². The van der Waals surface area contributed by atoms with Crippen LogP contribution in [0.5, 0.6) is 0 Å². The topological polar surface area (TPSA) is 46.3 Å². The molecule has 8 heteroatoms. The Kier molecular flexibility index (Phi) is 5.64. The minimum atomic E-state index is -0.336. The highest BCUT2D eigenvalue weighted by Crippen LogP contribution is 2.27. The Labute approximate surface area is 196 Å². The minimum Gasteiger partial charge on any atom is -0.367 e. The summed E-state index contributed by atoms with van der Waals surface area (Å²) >= 11 is 6.35. The number of carbonyl (C=O) groups excluding carboxylic acids is 1. The number of anilines is 1. The average Bonchev–Trinajstić information content (AvgIpc) is 3.46. The van der Waals surface area contributed by atoms with Crippen molar-refractivity contribution in [1.29, 1.82) is 0 Å². The van der Waals surface area contributed by atoms with E-state index in [1.165, 1.54) is 12.1 Å². The van der Waals surface area contributed by atoms with Crippen LogP contribution in [0, 0.1) is 5.82 Å². The number of rotatable bonds is 4. The molecule has 3 heterocycles. The van der Waals surface area contributed by atoms with Crippen LogP contribution < -0.4 is 4.90 Å². The lowest BCUT2D eigenvalue weighted by molar-refractivity contribution is 0.0737. The first-order valence-corrected chi connectivity index (χ1v) is 11.2. The summed E-state index contributed by atoms with van der Waals surface area (Å²) in [7, 11) is 1.93. The molecule has 0 bridgehead atoms. The van der Waals surface area contributed by atoms with E-state index >= 15 is 0 Å². The van der Waals surface area contributed by atoms with Gasteiger partial charge in [0.05, 0.1) is 22.1 Å². The molecule has 5 rings (SSSR count). The third kappa shape index (κ3) is 4.12. The molecule has 2 aromatic heterocycles. The third-order valence-corrected chi connectivity index (χ3v) is 6.29. The molecule has 1 fully saturated rings. The van der Waals surface area contributed by atoms with Crippen molar-refractivity contribution in [2.75, 3.05) is 31.1 Å². The molecule has 168 valence electrons. The van der Waals surface area contributed by atoms with Crippen LogP contribution in [-0.2, 0) is 7.05 Å². The second-order valence-corrected chi connectivity index (χ2v) is 8.45. The second kappa shape index (κ2) is 8.75. The van der Waals surface area contributed by atoms with Crippen LogP contribution in [0.4, 0.5) is 10.1 Å². The molecule has 1 aliphatic rings. The largest absolute Gasteiger partial charge is 0.367 e. The number of hydrogen-bond donors (Lipinski definition) is 0. The zero-order chi connectivity index (χ0) is 22.9. The van der Waals surface area contributed by atoms with Gasteiger partial charge in [-0.15, -0.1) is 0 Å². The molecule has 6 nitrogen and oxygen atoms in total. The lowest BCUT2D eigenvalue weighted by Gasteiger charge is -2.36. The predicted octanol–water partition coefficient (Wildman–Crippen LogP) is 4.63. The van der Waals surface area contributed by atoms with Crippen molar-refractivity contribution in [3.8, 4) is 17.1 Å². The maximum atomic E-state index is 13.6. The highest BCUT2D eigenvalue weighted by atomic mass is 35.5. The van der Waals surface area contributed by atoms with E-state index in [1.54, 1.807) is 16.8 Å². The van der Waals surface area contributed by atoms with E-state index in [2.05, 4.69) is 4.90 Å². The first-order chi connectivity index (χ1) is 16.0. The van der Waals surface area contributed by atoms with Crippen LogP contribution in [0.3, 0.4) is 0 Å². The van der Waals surface area contributed by atoms with E-state index in [9.17, 15) is 9.18 Å². The van der Waals surface area contributed by atoms with E-state index in [-0.39, 0.29) is 11.7 Å². The van der Waals surface area contributed by atoms with Gasteiger partial charge in [0.2, 0.25) is 0 Å². The molecule has 0 spiro atoms. The Hall–Kier alpha value is -3.58. The van der Waals surface area contributed by atoms with Crippen molar-refractivity contribution in [3.05, 3.63) is 89.5 Å². The number of aromatic nitrogens is 3. The molecular formula is C25H23ClFN5O. The van der Waals surface area contributed by atoms with Crippen LogP contribution in [0.2, 0.25) is 5.02 Å². The normalized spacial score (nSPS) is 14.0. The van der Waals surface area contributed by atoms with E-state index in [0.717, 1.165) is 11.4 Å². The van der Waals surface area contributed by atoms with E-state index in [4.69, 9.17) is 16.7 Å². The fourth-order valence-electron chi connectivity index (χ4n) is 4.19. The molecule has 0 N–H and O–H groups in total. The molecule has 1 aliphatic heterocycles. The van der Waals surface area contributed by atoms with Gasteiger partial charge in [-0.1, -0.05) is 23.7 Å². The average molecular weight is 464 g/mol. The molecule has 0 radical (unpaired) electrons. The zero-order valence-electron chi connectivity index (χ0n) is 18.2. The second-order valence-electron chi connectivity index (χ2n) is 8.04. The summed E-state index contributed by atoms with van der Waals surface area (Å²) in [5.74, 6) is -0.441. The highest BCUT2D eigenvalue weighted by molar-refractivity contribution is 6.33. The van der Waals surface area contributed by atoms with Gasteiger partial charge < -0.3 is 14.4 Å². The molecule has 0 aliphatic carbocycles. The monoisotopic (exact) mass is 463 g/mol. The summed E-state index contributed by atoms with van der Waals surface area (Å²) in [5.41, 5.74) is 3.64. The first-order valence-electron chi connectivity index (χ1n) is 10.8. The number of carbonyl (C=O) groups is 1. The Balaban J connectivity index is 1.44. The van der Waals surface area contributed by atoms with Gasteiger partial charge in [-0.25, -0.2) is 9.07 Å². The maximum absolute atomic E-state index is 13.6. The van der Waals surface area contributed by atoms with Crippen molar-refractivity contribution in [3.63, 3.8) is 0 Å². The van der Waals surface area contributed by atoms with Crippen LogP contribution >= 0.6 is 11.6 Å². The van der Waals surface area contributed by atoms with Gasteiger partial charge in [-0.3, -0.25) is 4.79 Å². The number of amides is 1. The molecule has 4 aromatic rings. The van der Waals surface area contributed by atoms with Crippen molar-refractivity contribution in [1.82, 2.24) is 19.2 Å². The van der Waals surface area contributed by atoms with Crippen molar-refractivity contribution in [2.45, 2.75) is 0 Å². The van der Waals surface area contributed by atoms with Crippen molar-refractivity contribution in [2.24, 2.45) is 7.05 Å². The standard InChI is InChI=1S/C25H23ClFN5O/c1-29-12-4-7-23(29)21-17-24(32(28-21)19-10-8-18(27)9-11-19)25(33)31-15-13-30(14-16-31)22-6-3-2-5-20(22)26/h2-12,17H,13-16H2,1H3. The van der Waals surface area contributed by atoms with Crippen molar-refractivity contribution >= 4 is 23.2 Å². The molecular weight excluding hydrogens is 441 g/mol. The fraction of sp³-hybridized carbons (Fsp3) is 0.200. The molecule has 0 atom stereocenters. The quantitative estimate of drug-likeness (QED) is 0.443. The summed E-state index contributed by atoms with van der Waals surface area (Å²) in [6.45, 7) is 2.51. The summed E-state index contributed by atoms with van der Waals surface area (Å²) < 4.78 is 17.1. The summed E-state index contributed by atoms with van der Waals surface area (Å²) in [6.07, 6.45) is 1.93. The molecule has 1 amide bonds. The summed E-state index contributed by atoms with van der Waals surface area (Å²) in [4.78, 5) is 17.6. The lowest BCUT2D eigenvalue weighted by Crippen LogP contribution is -2.49. The summed E-state index contributed by atoms with van der Waals surface area (Å²) in [6, 6.07) is 19.4. The SMILES string of the molecule is Cn1cccc1-c1cc(C(=O)N2CCN(c3ccccc3Cl)CC2)n(-c2ccc(F)cc2)n1. The van der Waals surface area contributed by atoms with Gasteiger partial charge in [0.25, 0.3) is 5.91 Å². The van der Waals surface area contributed by atoms with Crippen LogP contribution in [0.15, 0.2) is 72.9 Å². The number of nitrogens with zero attached hydrogens (tertiary/aromatic N) is 5. The molecule has 2 aromatic carbocycles. The zero-order valence-corrected chi connectivity index (χ0v) is 18.9. The predicted molar refractivity (Wildman–Crippen MR) is 127 cm³/mol. The minimum absolute atomic E-state index is 0.105. The maximum Gasteiger partial charge on any atom is 0.272 e. The Morgan fingerprint density at radius 2 is 1.70 bits per heavy atom. The van der Waals surface area contributed by atoms with E-state index in [0.29, 0.717) is 48.3 Å². The summed E-state index contributed by atoms with van der Waals surface area (Å²) in [5, 5.41) is 5.41. The Morgan fingerprint density at radius 3 is 2.36 bits per heavy atom. The van der Waals surface area contributed by atoms with Gasteiger partial charge >= 0.3 is 0 Å². The first kappa shape index (κ1) is 21.3. The number of benzene rings is 2. The number of piperazine rings is 1. The Bertz CT molecular complexity index is 1290. The number of para-hydroxylation sites is 1. The van der Waals surface area contributed by atoms with Crippen LogP contribution in [0.25, 0.3) is 17.1 Å². The molecule has 0 unspecified atom stereocenters. The lowest BCUT2D eigenvalue weighted by atomic mass is 10.2. The van der Waals surface area contributed by atoms with E-state index in [1.807, 2.05) is 65.2 Å². The molecule has 1 saturated heterocycles. The van der Waals surface area contributed by atoms with Gasteiger partial charge in [-0.2, -0.15) is 5.10 Å². The molecule has 0 saturated carbocycles. The van der Waals surface area contributed by atoms with Gasteiger partial charge in [0, 0.05) is 39.4 Å². The van der Waals surface area contributed by atoms with Gasteiger partial charge in [-0.05, 0) is 54.6 Å². The third-order valence-electron chi connectivity index (χ3n) is 5.97. The Morgan fingerprint density at radius 1 is 0.970 bits per heavy atom. The number of aryl methyl sites for hydroxylation is 1. The fourth-order valence-corrected chi connectivity index (χ4v) is 4.44. The van der Waals surface area contributed by atoms with Gasteiger partial charge in [0.1, 0.15) is 17.2 Å². The number of halogens is 2. The van der Waals surface area contributed by atoms with Gasteiger partial charge in [0.15, 0.2) is 0 Å². The van der Waals surface area contributed by atoms with Crippen molar-refractivity contribution < 1.29 is 9.18 Å². The highest BCUT2D eigenvalue weighted by Gasteiger charge is 2.27.